The number of benzene rings is 1. The lowest BCUT2D eigenvalue weighted by atomic mass is 10.00. The zero-order valence-corrected chi connectivity index (χ0v) is 11.6. The fraction of sp³-hybridized carbons (Fsp3) is 0.385. The first-order valence-electron chi connectivity index (χ1n) is 5.59. The van der Waals surface area contributed by atoms with Crippen molar-refractivity contribution in [3.63, 3.8) is 0 Å². The lowest BCUT2D eigenvalue weighted by molar-refractivity contribution is 0.0523. The highest BCUT2D eigenvalue weighted by atomic mass is 35.5. The van der Waals surface area contributed by atoms with Crippen LogP contribution in [0, 0.1) is 0 Å². The molecule has 1 aromatic carbocycles. The Hall–Kier alpha value is -1.06. The Kier molecular flexibility index (Phi) is 6.16. The first-order chi connectivity index (χ1) is 8.63. The molecular weight excluding hydrogens is 275 g/mol. The van der Waals surface area contributed by atoms with E-state index in [4.69, 9.17) is 27.9 Å². The van der Waals surface area contributed by atoms with Crippen LogP contribution in [0.2, 0.25) is 0 Å². The number of hydrogen-bond acceptors (Lipinski definition) is 3. The molecule has 0 heterocycles. The number of rotatable bonds is 6. The van der Waals surface area contributed by atoms with E-state index in [2.05, 4.69) is 0 Å². The molecule has 0 aliphatic heterocycles. The average Bonchev–Trinajstić information content (AvgIpc) is 2.38. The minimum absolute atomic E-state index is 0.172. The van der Waals surface area contributed by atoms with Crippen molar-refractivity contribution in [3.8, 4) is 0 Å². The van der Waals surface area contributed by atoms with Crippen LogP contribution in [0.4, 0.5) is 0 Å². The maximum absolute atomic E-state index is 11.8. The van der Waals surface area contributed by atoms with Gasteiger partial charge in [0.2, 0.25) is 0 Å². The Balaban J connectivity index is 3.15. The summed E-state index contributed by atoms with van der Waals surface area (Å²) in [7, 11) is 0. The van der Waals surface area contributed by atoms with Crippen molar-refractivity contribution in [2.24, 2.45) is 0 Å². The van der Waals surface area contributed by atoms with Crippen molar-refractivity contribution >= 4 is 35.0 Å². The molecule has 0 aromatic heterocycles. The summed E-state index contributed by atoms with van der Waals surface area (Å²) in [6, 6.07) is 4.91. The summed E-state index contributed by atoms with van der Waals surface area (Å²) in [5.41, 5.74) is 1.36. The summed E-state index contributed by atoms with van der Waals surface area (Å²) >= 11 is 11.3. The highest BCUT2D eigenvalue weighted by Gasteiger charge is 2.18. The van der Waals surface area contributed by atoms with Crippen molar-refractivity contribution in [2.45, 2.75) is 19.2 Å². The second kappa shape index (κ2) is 7.39. The number of ether oxygens (including phenoxy) is 1. The molecule has 0 bridgehead atoms. The molecule has 0 radical (unpaired) electrons. The molecule has 0 unspecified atom stereocenters. The van der Waals surface area contributed by atoms with Crippen LogP contribution < -0.4 is 0 Å². The summed E-state index contributed by atoms with van der Waals surface area (Å²) in [5, 5.41) is 0. The first-order valence-corrected chi connectivity index (χ1v) is 6.66. The van der Waals surface area contributed by atoms with E-state index in [0.29, 0.717) is 5.56 Å². The molecule has 18 heavy (non-hydrogen) atoms. The molecule has 3 nitrogen and oxygen atoms in total. The van der Waals surface area contributed by atoms with Gasteiger partial charge in [0.1, 0.15) is 0 Å². The zero-order chi connectivity index (χ0) is 13.5. The normalized spacial score (nSPS) is 10.2. The second-order valence-electron chi connectivity index (χ2n) is 3.60. The van der Waals surface area contributed by atoms with E-state index in [1.165, 1.54) is 0 Å². The van der Waals surface area contributed by atoms with Crippen LogP contribution in [0.3, 0.4) is 0 Å². The molecule has 0 aliphatic rings. The smallest absolute Gasteiger partial charge is 0.338 e. The van der Waals surface area contributed by atoms with Crippen LogP contribution in [0.5, 0.6) is 0 Å². The van der Waals surface area contributed by atoms with Crippen molar-refractivity contribution in [1.29, 1.82) is 0 Å². The lowest BCUT2D eigenvalue weighted by Gasteiger charge is -2.09. The maximum atomic E-state index is 11.8. The highest BCUT2D eigenvalue weighted by molar-refractivity contribution is 6.20. The van der Waals surface area contributed by atoms with Crippen molar-refractivity contribution in [1.82, 2.24) is 0 Å². The number of esters is 1. The number of halogens is 2. The molecule has 5 heteroatoms. The standard InChI is InChI=1S/C13H14Cl2O3/c1-2-18-13(17)11-7-9(8-15)3-4-10(11)12(16)5-6-14/h3-4,7H,2,5-6,8H2,1H3. The van der Waals surface area contributed by atoms with E-state index in [9.17, 15) is 9.59 Å². The molecule has 0 atom stereocenters. The predicted molar refractivity (Wildman–Crippen MR) is 71.6 cm³/mol. The van der Waals surface area contributed by atoms with Crippen LogP contribution in [0.1, 0.15) is 39.6 Å². The van der Waals surface area contributed by atoms with Crippen molar-refractivity contribution < 1.29 is 14.3 Å². The Morgan fingerprint density at radius 2 is 1.94 bits per heavy atom. The molecule has 0 saturated heterocycles. The lowest BCUT2D eigenvalue weighted by Crippen LogP contribution is -2.12. The minimum atomic E-state index is -0.512. The van der Waals surface area contributed by atoms with Crippen LogP contribution in [-0.4, -0.2) is 24.2 Å². The van der Waals surface area contributed by atoms with Crippen LogP contribution in [0.15, 0.2) is 18.2 Å². The summed E-state index contributed by atoms with van der Waals surface area (Å²) in [4.78, 5) is 23.6. The van der Waals surface area contributed by atoms with Gasteiger partial charge in [-0.2, -0.15) is 0 Å². The first kappa shape index (κ1) is 15.0. The van der Waals surface area contributed by atoms with Gasteiger partial charge in [-0.3, -0.25) is 4.79 Å². The molecular formula is C13H14Cl2O3. The van der Waals surface area contributed by atoms with Gasteiger partial charge in [0, 0.05) is 23.7 Å². The van der Waals surface area contributed by atoms with E-state index in [1.54, 1.807) is 25.1 Å². The van der Waals surface area contributed by atoms with E-state index in [1.807, 2.05) is 0 Å². The van der Waals surface area contributed by atoms with Crippen LogP contribution in [-0.2, 0) is 10.6 Å². The predicted octanol–water partition coefficient (Wildman–Crippen LogP) is 3.41. The van der Waals surface area contributed by atoms with Gasteiger partial charge in [-0.15, -0.1) is 23.2 Å². The van der Waals surface area contributed by atoms with Gasteiger partial charge in [0.15, 0.2) is 5.78 Å². The van der Waals surface area contributed by atoms with E-state index < -0.39 is 5.97 Å². The van der Waals surface area contributed by atoms with E-state index >= 15 is 0 Å². The van der Waals surface area contributed by atoms with Crippen molar-refractivity contribution in [3.05, 3.63) is 34.9 Å². The zero-order valence-electron chi connectivity index (χ0n) is 10.0. The Morgan fingerprint density at radius 1 is 1.22 bits per heavy atom. The fourth-order valence-electron chi connectivity index (χ4n) is 1.52. The molecule has 0 N–H and O–H groups in total. The van der Waals surface area contributed by atoms with Gasteiger partial charge in [-0.1, -0.05) is 12.1 Å². The monoisotopic (exact) mass is 288 g/mol. The molecule has 1 aromatic rings. The van der Waals surface area contributed by atoms with Crippen LogP contribution >= 0.6 is 23.2 Å². The van der Waals surface area contributed by atoms with Gasteiger partial charge >= 0.3 is 5.97 Å². The Labute approximate surface area is 116 Å². The SMILES string of the molecule is CCOC(=O)c1cc(CCl)ccc1C(=O)CCCl. The third kappa shape index (κ3) is 3.72. The van der Waals surface area contributed by atoms with Gasteiger partial charge in [0.25, 0.3) is 0 Å². The summed E-state index contributed by atoms with van der Waals surface area (Å²) in [6.07, 6.45) is 0.189. The Bertz CT molecular complexity index is 444. The van der Waals surface area contributed by atoms with E-state index in [0.717, 1.165) is 5.56 Å². The second-order valence-corrected chi connectivity index (χ2v) is 4.24. The van der Waals surface area contributed by atoms with Gasteiger partial charge in [0.05, 0.1) is 12.2 Å². The number of alkyl halides is 2. The Morgan fingerprint density at radius 3 is 2.50 bits per heavy atom. The van der Waals surface area contributed by atoms with Crippen LogP contribution in [0.25, 0.3) is 0 Å². The van der Waals surface area contributed by atoms with Gasteiger partial charge in [-0.05, 0) is 18.6 Å². The highest BCUT2D eigenvalue weighted by Crippen LogP contribution is 2.17. The van der Waals surface area contributed by atoms with Crippen molar-refractivity contribution in [2.75, 3.05) is 12.5 Å². The summed E-state index contributed by atoms with van der Waals surface area (Å²) in [5.74, 6) is -0.189. The molecule has 0 aliphatic carbocycles. The quantitative estimate of drug-likeness (QED) is 0.458. The number of Topliss-reactive ketones (excluding diaryl/α,β-unsaturated/α-hetero) is 1. The number of hydrogen-bond donors (Lipinski definition) is 0. The maximum Gasteiger partial charge on any atom is 0.338 e. The number of ketones is 1. The third-order valence-electron chi connectivity index (χ3n) is 2.36. The average molecular weight is 289 g/mol. The molecule has 0 fully saturated rings. The number of carbonyl (C=O) groups is 2. The molecule has 1 rings (SSSR count). The summed E-state index contributed by atoms with van der Waals surface area (Å²) in [6.45, 7) is 1.97. The van der Waals surface area contributed by atoms with E-state index in [-0.39, 0.29) is 36.1 Å². The molecule has 0 saturated carbocycles. The molecule has 98 valence electrons. The fourth-order valence-corrected chi connectivity index (χ4v) is 1.85. The topological polar surface area (TPSA) is 43.4 Å². The molecule has 0 spiro atoms. The van der Waals surface area contributed by atoms with Gasteiger partial charge < -0.3 is 4.74 Å². The molecule has 0 amide bonds. The number of carbonyl (C=O) groups excluding carboxylic acids is 2. The van der Waals surface area contributed by atoms with Gasteiger partial charge in [-0.25, -0.2) is 4.79 Å². The largest absolute Gasteiger partial charge is 0.462 e. The third-order valence-corrected chi connectivity index (χ3v) is 2.85. The summed E-state index contributed by atoms with van der Waals surface area (Å²) < 4.78 is 4.93. The minimum Gasteiger partial charge on any atom is -0.462 e.